The molecule has 0 spiro atoms. The third kappa shape index (κ3) is 13.5. The maximum atomic E-state index is 12.9. The maximum Gasteiger partial charge on any atom is 0.161 e. The molecular formula is C44H70O5. The fraction of sp³-hybridized carbons (Fsp3) is 0.591. The van der Waals surface area contributed by atoms with Gasteiger partial charge in [-0.15, -0.1) is 5.73 Å². The van der Waals surface area contributed by atoms with Gasteiger partial charge in [0.15, 0.2) is 5.78 Å². The Morgan fingerprint density at radius 3 is 1.90 bits per heavy atom. The van der Waals surface area contributed by atoms with Crippen LogP contribution in [-0.2, 0) is 14.3 Å². The van der Waals surface area contributed by atoms with Crippen molar-refractivity contribution in [3.8, 4) is 0 Å². The lowest BCUT2D eigenvalue weighted by Crippen LogP contribution is -2.48. The van der Waals surface area contributed by atoms with Crippen molar-refractivity contribution in [3.63, 3.8) is 0 Å². The number of hydrogen-bond acceptors (Lipinski definition) is 5. The summed E-state index contributed by atoms with van der Waals surface area (Å²) in [4.78, 5) is 12.9. The number of aliphatic hydroxyl groups is 2. The third-order valence-electron chi connectivity index (χ3n) is 9.53. The molecule has 1 heterocycles. The molecule has 1 saturated heterocycles. The van der Waals surface area contributed by atoms with Crippen LogP contribution in [0.15, 0.2) is 101 Å². The molecule has 3 aliphatic rings. The highest BCUT2D eigenvalue weighted by Gasteiger charge is 2.76. The molecule has 0 aromatic carbocycles. The normalized spacial score (nSPS) is 29.3. The molecule has 1 aliphatic heterocycles. The lowest BCUT2D eigenvalue weighted by molar-refractivity contribution is -0.118. The van der Waals surface area contributed by atoms with Gasteiger partial charge >= 0.3 is 0 Å². The number of ether oxygens (including phenoxy) is 2. The largest absolute Gasteiger partial charge is 0.393 e. The van der Waals surface area contributed by atoms with E-state index in [0.29, 0.717) is 25.7 Å². The average molecular weight is 679 g/mol. The van der Waals surface area contributed by atoms with Gasteiger partial charge in [0.2, 0.25) is 0 Å². The Bertz CT molecular complexity index is 1310. The number of rotatable bonds is 10. The molecule has 0 radical (unpaired) electrons. The van der Waals surface area contributed by atoms with Crippen molar-refractivity contribution in [2.75, 3.05) is 7.11 Å². The molecule has 5 atom stereocenters. The van der Waals surface area contributed by atoms with Gasteiger partial charge in [0, 0.05) is 31.9 Å². The number of allylic oxidation sites excluding steroid dienone is 14. The first kappa shape index (κ1) is 46.2. The van der Waals surface area contributed by atoms with E-state index in [2.05, 4.69) is 59.1 Å². The minimum atomic E-state index is -0.469. The predicted molar refractivity (Wildman–Crippen MR) is 210 cm³/mol. The van der Waals surface area contributed by atoms with Gasteiger partial charge in [0.1, 0.15) is 5.60 Å². The number of Topliss-reactive ketones (excluding diaryl/α,β-unsaturated/α-hetero) is 1. The number of carbonyl (C=O) groups is 1. The molecule has 0 amide bonds. The molecule has 3 fully saturated rings. The summed E-state index contributed by atoms with van der Waals surface area (Å²) < 4.78 is 11.4. The molecule has 49 heavy (non-hydrogen) atoms. The van der Waals surface area contributed by atoms with Crippen LogP contribution in [0.2, 0.25) is 0 Å². The average Bonchev–Trinajstić information content (AvgIpc) is 3.65. The zero-order chi connectivity index (χ0) is 38.1. The first-order valence-electron chi connectivity index (χ1n) is 18.2. The third-order valence-corrected chi connectivity index (χ3v) is 9.53. The molecule has 3 rings (SSSR count). The smallest absolute Gasteiger partial charge is 0.161 e. The van der Waals surface area contributed by atoms with Gasteiger partial charge in [-0.2, -0.15) is 0 Å². The summed E-state index contributed by atoms with van der Waals surface area (Å²) in [6.07, 6.45) is 24.6. The minimum Gasteiger partial charge on any atom is -0.393 e. The molecule has 0 bridgehead atoms. The van der Waals surface area contributed by atoms with Crippen molar-refractivity contribution >= 4 is 5.78 Å². The van der Waals surface area contributed by atoms with Crippen LogP contribution in [0.25, 0.3) is 0 Å². The Morgan fingerprint density at radius 2 is 1.43 bits per heavy atom. The van der Waals surface area contributed by atoms with Gasteiger partial charge in [0.25, 0.3) is 0 Å². The molecule has 4 unspecified atom stereocenters. The van der Waals surface area contributed by atoms with E-state index in [9.17, 15) is 15.0 Å². The number of ketones is 1. The van der Waals surface area contributed by atoms with Crippen molar-refractivity contribution in [2.45, 2.75) is 152 Å². The maximum absolute atomic E-state index is 12.9. The van der Waals surface area contributed by atoms with E-state index in [-0.39, 0.29) is 28.8 Å². The molecule has 276 valence electrons. The summed E-state index contributed by atoms with van der Waals surface area (Å²) in [5.41, 5.74) is 5.64. The van der Waals surface area contributed by atoms with Crippen molar-refractivity contribution in [1.82, 2.24) is 0 Å². The number of methoxy groups -OCH3 is 1. The van der Waals surface area contributed by atoms with Crippen molar-refractivity contribution < 1.29 is 24.5 Å². The Hall–Kier alpha value is -2.79. The first-order valence-corrected chi connectivity index (χ1v) is 18.2. The summed E-state index contributed by atoms with van der Waals surface area (Å²) >= 11 is 0. The van der Waals surface area contributed by atoms with E-state index in [0.717, 1.165) is 23.1 Å². The van der Waals surface area contributed by atoms with E-state index >= 15 is 0 Å². The van der Waals surface area contributed by atoms with Crippen LogP contribution in [0, 0.1) is 10.8 Å². The summed E-state index contributed by atoms with van der Waals surface area (Å²) in [7, 11) is 1.69. The second kappa shape index (κ2) is 21.4. The number of aliphatic hydroxyl groups excluding tert-OH is 2. The first-order chi connectivity index (χ1) is 23.0. The highest BCUT2D eigenvalue weighted by atomic mass is 16.6. The van der Waals surface area contributed by atoms with E-state index < -0.39 is 17.3 Å². The zero-order valence-electron chi connectivity index (χ0n) is 33.4. The topological polar surface area (TPSA) is 79.3 Å². The monoisotopic (exact) mass is 679 g/mol. The van der Waals surface area contributed by atoms with Crippen molar-refractivity contribution in [3.05, 3.63) is 101 Å². The Morgan fingerprint density at radius 1 is 0.878 bits per heavy atom. The number of epoxide rings is 1. The van der Waals surface area contributed by atoms with E-state index in [4.69, 9.17) is 9.47 Å². The Balaban J connectivity index is 0.00000113. The van der Waals surface area contributed by atoms with E-state index in [1.54, 1.807) is 7.11 Å². The van der Waals surface area contributed by atoms with E-state index in [1.807, 2.05) is 110 Å². The van der Waals surface area contributed by atoms with Crippen molar-refractivity contribution in [1.29, 1.82) is 0 Å². The van der Waals surface area contributed by atoms with Crippen LogP contribution >= 0.6 is 0 Å². The van der Waals surface area contributed by atoms with Gasteiger partial charge in [-0.05, 0) is 63.9 Å². The van der Waals surface area contributed by atoms with Gasteiger partial charge < -0.3 is 19.7 Å². The predicted octanol–water partition coefficient (Wildman–Crippen LogP) is 10.7. The molecule has 5 heteroatoms. The fourth-order valence-corrected chi connectivity index (χ4v) is 6.92. The lowest BCUT2D eigenvalue weighted by atomic mass is 9.61. The van der Waals surface area contributed by atoms with Crippen LogP contribution in [0.4, 0.5) is 0 Å². The van der Waals surface area contributed by atoms with Crippen LogP contribution < -0.4 is 0 Å². The van der Waals surface area contributed by atoms with Crippen LogP contribution in [0.5, 0.6) is 0 Å². The molecule has 0 aromatic rings. The van der Waals surface area contributed by atoms with Gasteiger partial charge in [0.05, 0.1) is 23.9 Å². The van der Waals surface area contributed by atoms with E-state index in [1.165, 1.54) is 5.57 Å². The Kier molecular flexibility index (Phi) is 20.2. The second-order valence-corrected chi connectivity index (χ2v) is 14.3. The number of carbonyl (C=O) groups excluding carboxylic acids is 1. The SMILES string of the molecule is C=C=C1[C@H](O)CC(OC)CC1(C)C.CC.CC.C\C=C/C=C/C(C)=C/C=C/C=C(C)/C=C/C=C(\C)C(=O)CC12OC1(C)CC(O)CC2(C)C. The minimum absolute atomic E-state index is 0.0416. The van der Waals surface area contributed by atoms with Crippen molar-refractivity contribution in [2.24, 2.45) is 10.8 Å². The number of hydrogen-bond donors (Lipinski definition) is 2. The molecule has 5 nitrogen and oxygen atoms in total. The summed E-state index contributed by atoms with van der Waals surface area (Å²) in [6, 6.07) is 0. The number of fused-ring (bicyclic) bond motifs is 1. The lowest BCUT2D eigenvalue weighted by Gasteiger charge is -2.40. The molecule has 0 aromatic heterocycles. The van der Waals surface area contributed by atoms with Gasteiger partial charge in [-0.1, -0.05) is 140 Å². The zero-order valence-corrected chi connectivity index (χ0v) is 33.4. The molecular weight excluding hydrogens is 608 g/mol. The Labute approximate surface area is 300 Å². The second-order valence-electron chi connectivity index (χ2n) is 14.3. The fourth-order valence-electron chi connectivity index (χ4n) is 6.92. The quantitative estimate of drug-likeness (QED) is 0.104. The van der Waals surface area contributed by atoms with Gasteiger partial charge in [-0.25, -0.2) is 0 Å². The van der Waals surface area contributed by atoms with Crippen LogP contribution in [-0.4, -0.2) is 52.6 Å². The summed E-state index contributed by atoms with van der Waals surface area (Å²) in [5.74, 6) is 0.107. The van der Waals surface area contributed by atoms with Gasteiger partial charge in [-0.3, -0.25) is 4.79 Å². The highest BCUT2D eigenvalue weighted by Crippen LogP contribution is 2.67. The summed E-state index contributed by atoms with van der Waals surface area (Å²) in [5, 5.41) is 20.0. The molecule has 2 aliphatic carbocycles. The molecule has 2 N–H and O–H groups in total. The molecule has 2 saturated carbocycles. The van der Waals surface area contributed by atoms with Crippen LogP contribution in [0.3, 0.4) is 0 Å². The standard InChI is InChI=1S/C29H40O3.C11H18O2.2C2H6/c1-8-9-10-14-22(2)15-11-12-16-23(3)17-13-18-24(4)26(31)21-29-27(5,6)19-25(30)20-28(29,7)32-29;1-5-9-10(12)6-8(13-4)7-11(9,2)3;2*1-2/h8-18,25,30H,19-21H2,1-7H3;8,10,12H,1,6-7H2,2-4H3;2*1-2H3/b9-8-,12-11+,14-10+,17-13+,22-15+,23-16+,24-18+;;;/t;8?,10-;;/m.1../s1. The highest BCUT2D eigenvalue weighted by molar-refractivity contribution is 5.96. The van der Waals surface area contributed by atoms with Crippen LogP contribution in [0.1, 0.15) is 122 Å². The summed E-state index contributed by atoms with van der Waals surface area (Å²) in [6.45, 7) is 30.0.